The predicted octanol–water partition coefficient (Wildman–Crippen LogP) is 10.9. The molecule has 3 aromatic heterocycles. The van der Waals surface area contributed by atoms with Crippen LogP contribution in [0.1, 0.15) is 22.8 Å². The fourth-order valence-electron chi connectivity index (χ4n) is 7.58. The molecule has 9 heteroatoms. The maximum absolute atomic E-state index is 13.9. The number of aliphatic hydroxyl groups is 1. The monoisotopic (exact) mass is 802 g/mol. The van der Waals surface area contributed by atoms with E-state index in [9.17, 15) is 9.90 Å². The summed E-state index contributed by atoms with van der Waals surface area (Å²) in [5, 5.41) is 11.5. The summed E-state index contributed by atoms with van der Waals surface area (Å²) in [6.07, 6.45) is 7.95. The molecule has 2 aliphatic heterocycles. The van der Waals surface area contributed by atoms with Crippen molar-refractivity contribution < 1.29 is 36.2 Å². The van der Waals surface area contributed by atoms with Gasteiger partial charge in [-0.05, 0) is 69.8 Å². The zero-order chi connectivity index (χ0) is 38.9. The first-order valence-corrected chi connectivity index (χ1v) is 18.5. The summed E-state index contributed by atoms with van der Waals surface area (Å²) in [6, 6.07) is 47.9. The van der Waals surface area contributed by atoms with Crippen molar-refractivity contribution in [2.75, 3.05) is 14.2 Å². The minimum Gasteiger partial charge on any atom is -0.657 e. The minimum absolute atomic E-state index is 0. The molecule has 283 valence electrons. The summed E-state index contributed by atoms with van der Waals surface area (Å²) in [5.74, 6) is -1.41. The molecule has 0 aliphatic carbocycles. The van der Waals surface area contributed by atoms with Crippen molar-refractivity contribution in [3.05, 3.63) is 174 Å². The molecule has 0 fully saturated rings. The molecule has 4 aromatic carbocycles. The van der Waals surface area contributed by atoms with E-state index in [1.807, 2.05) is 146 Å². The van der Waals surface area contributed by atoms with Crippen molar-refractivity contribution in [3.63, 3.8) is 0 Å². The molecular formula is C49H35CoN4O4+. The largest absolute Gasteiger partial charge is 2.00 e. The zero-order valence-corrected chi connectivity index (χ0v) is 32.5. The number of aromatic nitrogens is 4. The third kappa shape index (κ3) is 6.72. The van der Waals surface area contributed by atoms with Gasteiger partial charge >= 0.3 is 28.7 Å². The Kier molecular flexibility index (Phi) is 10.5. The number of hydrogen-bond acceptors (Lipinski definition) is 6. The molecule has 0 saturated carbocycles. The average molecular weight is 803 g/mol. The van der Waals surface area contributed by atoms with Crippen LogP contribution in [0, 0.1) is 0 Å². The second kappa shape index (κ2) is 16.1. The molecule has 5 heterocycles. The van der Waals surface area contributed by atoms with Gasteiger partial charge in [0.05, 0.1) is 48.0 Å². The number of esters is 1. The van der Waals surface area contributed by atoms with Crippen LogP contribution in [-0.2, 0) is 31.0 Å². The third-order valence-corrected chi connectivity index (χ3v) is 10.1. The number of hydrogen-bond donors (Lipinski definition) is 1. The Balaban J connectivity index is 0.00000469. The predicted molar refractivity (Wildman–Crippen MR) is 228 cm³/mol. The molecule has 8 bridgehead atoms. The van der Waals surface area contributed by atoms with Gasteiger partial charge in [-0.3, -0.25) is 4.57 Å². The van der Waals surface area contributed by atoms with E-state index < -0.39 is 11.9 Å². The number of aliphatic hydroxyl groups excluding tert-OH is 1. The van der Waals surface area contributed by atoms with Crippen LogP contribution >= 0.6 is 0 Å². The molecule has 8 nitrogen and oxygen atoms in total. The van der Waals surface area contributed by atoms with E-state index in [0.717, 1.165) is 55.8 Å². The van der Waals surface area contributed by atoms with Gasteiger partial charge in [-0.1, -0.05) is 133 Å². The van der Waals surface area contributed by atoms with E-state index in [0.29, 0.717) is 33.5 Å². The molecule has 58 heavy (non-hydrogen) atoms. The van der Waals surface area contributed by atoms with Crippen molar-refractivity contribution in [2.24, 2.45) is 0 Å². The number of methoxy groups -OCH3 is 2. The normalized spacial score (nSPS) is 12.1. The van der Waals surface area contributed by atoms with Gasteiger partial charge in [0.15, 0.2) is 0 Å². The number of carbonyl (C=O) groups is 1. The van der Waals surface area contributed by atoms with Crippen LogP contribution in [-0.4, -0.2) is 39.8 Å². The first kappa shape index (κ1) is 37.7. The molecule has 9 rings (SSSR count). The molecule has 0 unspecified atom stereocenters. The van der Waals surface area contributed by atoms with Crippen LogP contribution < -0.4 is 4.98 Å². The fourth-order valence-corrected chi connectivity index (χ4v) is 7.58. The van der Waals surface area contributed by atoms with E-state index in [-0.39, 0.29) is 22.5 Å². The Hall–Kier alpha value is -7.20. The molecule has 0 amide bonds. The molecule has 0 atom stereocenters. The first-order chi connectivity index (χ1) is 28.0. The van der Waals surface area contributed by atoms with Crippen LogP contribution in [0.3, 0.4) is 0 Å². The van der Waals surface area contributed by atoms with E-state index in [2.05, 4.69) is 24.3 Å². The fraction of sp³-hybridized carbons (Fsp3) is 0.0408. The second-order valence-corrected chi connectivity index (χ2v) is 13.4. The summed E-state index contributed by atoms with van der Waals surface area (Å²) in [7, 11) is 2.58. The molecular weight excluding hydrogens is 767 g/mol. The van der Waals surface area contributed by atoms with E-state index in [1.165, 1.54) is 14.2 Å². The summed E-state index contributed by atoms with van der Waals surface area (Å²) >= 11 is 0. The number of fused-ring (bicyclic) bond motifs is 8. The van der Waals surface area contributed by atoms with Crippen LogP contribution in [0.15, 0.2) is 152 Å². The summed E-state index contributed by atoms with van der Waals surface area (Å²) in [5.41, 5.74) is 11.9. The molecule has 1 radical (unpaired) electrons. The number of ether oxygens (including phenoxy) is 2. The number of carbonyl (C=O) groups excluding carboxylic acids is 1. The Labute approximate surface area is 345 Å². The zero-order valence-electron chi connectivity index (χ0n) is 31.5. The Morgan fingerprint density at radius 3 is 1.19 bits per heavy atom. The van der Waals surface area contributed by atoms with Crippen LogP contribution in [0.5, 0.6) is 0 Å². The van der Waals surface area contributed by atoms with Gasteiger partial charge in [0, 0.05) is 11.1 Å². The van der Waals surface area contributed by atoms with Gasteiger partial charge < -0.3 is 19.6 Å². The Morgan fingerprint density at radius 2 is 0.845 bits per heavy atom. The smallest absolute Gasteiger partial charge is 0.657 e. The van der Waals surface area contributed by atoms with Gasteiger partial charge in [-0.25, -0.2) is 14.8 Å². The van der Waals surface area contributed by atoms with Crippen LogP contribution in [0.25, 0.3) is 96.6 Å². The van der Waals surface area contributed by atoms with Crippen molar-refractivity contribution in [1.29, 1.82) is 0 Å². The van der Waals surface area contributed by atoms with Crippen molar-refractivity contribution in [1.82, 2.24) is 19.5 Å². The Morgan fingerprint density at radius 1 is 0.500 bits per heavy atom. The number of nitrogens with zero attached hydrogens (tertiary/aromatic N) is 4. The SMILES string of the molecule is COC(=O)/C(=C(/O)OC)n1c2ccc1c(-c1ccccc1)c1nc(c(-c3ccccc3)c3ccc([n-]3)c(-c3ccccc3)c3nc(c2-c2ccccc2)C=C3)C=C1.[Co+2]. The van der Waals surface area contributed by atoms with Crippen LogP contribution in [0.2, 0.25) is 0 Å². The Bertz CT molecular complexity index is 2760. The van der Waals surface area contributed by atoms with Gasteiger partial charge in [0.25, 0.3) is 0 Å². The molecule has 7 aromatic rings. The second-order valence-electron chi connectivity index (χ2n) is 13.4. The van der Waals surface area contributed by atoms with E-state index in [4.69, 9.17) is 24.4 Å². The van der Waals surface area contributed by atoms with Gasteiger partial charge in [0.1, 0.15) is 0 Å². The quantitative estimate of drug-likeness (QED) is 0.0973. The number of rotatable bonds is 7. The maximum Gasteiger partial charge on any atom is 2.00 e. The van der Waals surface area contributed by atoms with Gasteiger partial charge in [-0.15, -0.1) is 11.0 Å². The first-order valence-electron chi connectivity index (χ1n) is 18.5. The summed E-state index contributed by atoms with van der Waals surface area (Å²) in [4.78, 5) is 29.9. The molecule has 2 aliphatic rings. The minimum atomic E-state index is -0.800. The number of benzene rings is 4. The maximum atomic E-state index is 13.9. The van der Waals surface area contributed by atoms with E-state index >= 15 is 0 Å². The standard InChI is InChI=1S/C49H36N4O4.Co/c1-56-48(54)47(49(55)57-2)53-41-29-30-42(53)46(34-21-13-6-14-22-34)40-28-26-38(52-40)44(32-17-9-4-10-18-32)36-24-23-35(50-36)43(31-15-7-3-8-16-31)37-25-27-39(51-37)45(41)33-19-11-5-12-20-33;/h3-30H,1-2H3,(H2,50,51,52,54,55);/q;+2/p-1. The van der Waals surface area contributed by atoms with Crippen molar-refractivity contribution in [3.8, 4) is 44.5 Å². The van der Waals surface area contributed by atoms with Crippen LogP contribution in [0.4, 0.5) is 0 Å². The van der Waals surface area contributed by atoms with Gasteiger partial charge in [-0.2, -0.15) is 0 Å². The molecule has 0 saturated heterocycles. The topological polar surface area (TPSA) is 101 Å². The summed E-state index contributed by atoms with van der Waals surface area (Å²) < 4.78 is 12.4. The third-order valence-electron chi connectivity index (χ3n) is 10.1. The van der Waals surface area contributed by atoms with Gasteiger partial charge in [0.2, 0.25) is 5.70 Å². The molecule has 1 N–H and O–H groups in total. The van der Waals surface area contributed by atoms with Crippen molar-refractivity contribution >= 4 is 58.0 Å². The molecule has 0 spiro atoms. The summed E-state index contributed by atoms with van der Waals surface area (Å²) in [6.45, 7) is 0. The van der Waals surface area contributed by atoms with Crippen molar-refractivity contribution in [2.45, 2.75) is 0 Å². The van der Waals surface area contributed by atoms with E-state index in [1.54, 1.807) is 4.57 Å². The average Bonchev–Trinajstić information content (AvgIpc) is 4.10.